The van der Waals surface area contributed by atoms with Gasteiger partial charge in [-0.2, -0.15) is 0 Å². The van der Waals surface area contributed by atoms with E-state index in [9.17, 15) is 0 Å². The van der Waals surface area contributed by atoms with Crippen molar-refractivity contribution in [1.29, 1.82) is 0 Å². The highest BCUT2D eigenvalue weighted by Crippen LogP contribution is 2.68. The molecule has 3 heterocycles. The molecule has 34 heavy (non-hydrogen) atoms. The number of fused-ring (bicyclic) bond motifs is 1. The molecule has 180 valence electrons. The Hall–Kier alpha value is -1.97. The van der Waals surface area contributed by atoms with E-state index in [0.717, 1.165) is 24.8 Å². The van der Waals surface area contributed by atoms with Crippen molar-refractivity contribution < 1.29 is 4.74 Å². The second kappa shape index (κ2) is 8.03. The van der Waals surface area contributed by atoms with E-state index in [4.69, 9.17) is 4.74 Å². The molecule has 0 radical (unpaired) electrons. The van der Waals surface area contributed by atoms with Gasteiger partial charge in [0.25, 0.3) is 0 Å². The number of aliphatic imine (C=N–C) groups is 1. The summed E-state index contributed by atoms with van der Waals surface area (Å²) in [7, 11) is 4.48. The number of rotatable bonds is 2. The summed E-state index contributed by atoms with van der Waals surface area (Å²) in [6.07, 6.45) is 28.5. The Labute approximate surface area is 205 Å². The van der Waals surface area contributed by atoms with Gasteiger partial charge in [-0.25, -0.2) is 0 Å². The van der Waals surface area contributed by atoms with Crippen LogP contribution in [0.1, 0.15) is 64.7 Å². The Morgan fingerprint density at radius 1 is 1.12 bits per heavy atom. The Balaban J connectivity index is 1.36. The molecular formula is C31H40N2O. The second-order valence-electron chi connectivity index (χ2n) is 12.1. The first-order valence-electron chi connectivity index (χ1n) is 13.4. The Bertz CT molecular complexity index is 1070. The van der Waals surface area contributed by atoms with Gasteiger partial charge in [0.05, 0.1) is 11.2 Å². The zero-order chi connectivity index (χ0) is 23.6. The van der Waals surface area contributed by atoms with Crippen LogP contribution in [0.5, 0.6) is 0 Å². The molecule has 0 unspecified atom stereocenters. The van der Waals surface area contributed by atoms with Gasteiger partial charge < -0.3 is 9.64 Å². The molecule has 2 bridgehead atoms. The fraction of sp³-hybridized carbons (Fsp3) is 0.581. The molecule has 1 saturated heterocycles. The molecule has 3 heteroatoms. The highest BCUT2D eigenvalue weighted by atomic mass is 16.5. The largest absolute Gasteiger partial charge is 0.359 e. The van der Waals surface area contributed by atoms with E-state index >= 15 is 0 Å². The molecule has 6 rings (SSSR count). The lowest BCUT2D eigenvalue weighted by atomic mass is 9.57. The molecule has 2 saturated carbocycles. The summed E-state index contributed by atoms with van der Waals surface area (Å²) in [6.45, 7) is 6.82. The maximum atomic E-state index is 7.43. The van der Waals surface area contributed by atoms with Gasteiger partial charge in [0.2, 0.25) is 0 Å². The van der Waals surface area contributed by atoms with Gasteiger partial charge in [-0.1, -0.05) is 50.0 Å². The predicted octanol–water partition coefficient (Wildman–Crippen LogP) is 6.72. The van der Waals surface area contributed by atoms with Gasteiger partial charge in [0, 0.05) is 18.5 Å². The van der Waals surface area contributed by atoms with Crippen LogP contribution in [0.4, 0.5) is 0 Å². The molecule has 3 fully saturated rings. The molecule has 6 aliphatic rings. The smallest absolute Gasteiger partial charge is 0.0974 e. The van der Waals surface area contributed by atoms with Gasteiger partial charge in [-0.05, 0) is 111 Å². The van der Waals surface area contributed by atoms with Gasteiger partial charge in [-0.3, -0.25) is 4.99 Å². The third-order valence-corrected chi connectivity index (χ3v) is 10.2. The summed E-state index contributed by atoms with van der Waals surface area (Å²) in [4.78, 5) is 6.81. The Morgan fingerprint density at radius 3 is 2.85 bits per heavy atom. The fourth-order valence-corrected chi connectivity index (χ4v) is 8.43. The first-order valence-corrected chi connectivity index (χ1v) is 13.4. The SMILES string of the molecule is C=C1C=N/C=C\C/C=C\C([C@H]2CC[C@@H]3[C@]2(C)CC=C2C=C4CC[C@H](N(C)C)C[C@]45CC[C@@]23O5)=C1. The number of hydrogen-bond acceptors (Lipinski definition) is 3. The summed E-state index contributed by atoms with van der Waals surface area (Å²) in [5, 5.41) is 0. The van der Waals surface area contributed by atoms with E-state index in [2.05, 4.69) is 73.9 Å². The molecule has 6 atom stereocenters. The van der Waals surface area contributed by atoms with Crippen LogP contribution in [0.3, 0.4) is 0 Å². The van der Waals surface area contributed by atoms with Crippen LogP contribution in [0.2, 0.25) is 0 Å². The van der Waals surface area contributed by atoms with E-state index in [1.165, 1.54) is 49.7 Å². The van der Waals surface area contributed by atoms with Crippen LogP contribution >= 0.6 is 0 Å². The first-order chi connectivity index (χ1) is 16.4. The van der Waals surface area contributed by atoms with E-state index in [0.29, 0.717) is 17.9 Å². The summed E-state index contributed by atoms with van der Waals surface area (Å²) in [6, 6.07) is 0.629. The third-order valence-electron chi connectivity index (χ3n) is 10.2. The van der Waals surface area contributed by atoms with Gasteiger partial charge in [-0.15, -0.1) is 0 Å². The molecule has 0 aromatic carbocycles. The summed E-state index contributed by atoms with van der Waals surface area (Å²) < 4.78 is 7.43. The zero-order valence-corrected chi connectivity index (χ0v) is 21.2. The third kappa shape index (κ3) is 3.27. The average molecular weight is 457 g/mol. The molecular weight excluding hydrogens is 416 g/mol. The van der Waals surface area contributed by atoms with E-state index in [-0.39, 0.29) is 16.6 Å². The standard InChI is InChI=1S/C31H40N2O/c1-22-18-23(8-6-5-7-17-32-21-22)27-11-12-28-29(27,2)14-13-25-19-24-9-10-26(33(3)4)20-30(24)15-16-31(25,28)34-30/h6-8,13,17-19,21,26-28H,1,5,9-12,14-16,20H2,2-4H3/b8-6-,17-7-,23-18?,32-21?/t26-,27+,28+,29+,30+,31+/m0/s1. The Morgan fingerprint density at radius 2 is 2.00 bits per heavy atom. The van der Waals surface area contributed by atoms with Crippen LogP contribution in [0.25, 0.3) is 0 Å². The predicted molar refractivity (Wildman–Crippen MR) is 141 cm³/mol. The minimum Gasteiger partial charge on any atom is -0.359 e. The van der Waals surface area contributed by atoms with Crippen molar-refractivity contribution in [2.75, 3.05) is 14.1 Å². The van der Waals surface area contributed by atoms with Crippen molar-refractivity contribution >= 4 is 6.21 Å². The van der Waals surface area contributed by atoms with Crippen molar-refractivity contribution in [2.45, 2.75) is 82.0 Å². The summed E-state index contributed by atoms with van der Waals surface area (Å²) >= 11 is 0. The molecule has 0 aromatic rings. The Kier molecular flexibility index (Phi) is 5.31. The van der Waals surface area contributed by atoms with Crippen molar-refractivity contribution in [2.24, 2.45) is 22.2 Å². The lowest BCUT2D eigenvalue weighted by Gasteiger charge is -2.55. The van der Waals surface area contributed by atoms with Crippen molar-refractivity contribution in [3.05, 3.63) is 71.5 Å². The lowest BCUT2D eigenvalue weighted by molar-refractivity contribution is -0.140. The van der Waals surface area contributed by atoms with Crippen LogP contribution in [-0.4, -0.2) is 42.5 Å². The summed E-state index contributed by atoms with van der Waals surface area (Å²) in [5.74, 6) is 1.11. The molecule has 0 N–H and O–H groups in total. The normalized spacial score (nSPS) is 45.0. The minimum absolute atomic E-state index is 0.0203. The molecule has 3 aliphatic carbocycles. The van der Waals surface area contributed by atoms with Gasteiger partial charge in [0.1, 0.15) is 0 Å². The molecule has 2 spiro atoms. The van der Waals surface area contributed by atoms with Crippen LogP contribution in [0.15, 0.2) is 76.5 Å². The van der Waals surface area contributed by atoms with Crippen LogP contribution in [0, 0.1) is 17.3 Å². The molecule has 0 aromatic heterocycles. The average Bonchev–Trinajstić information content (AvgIpc) is 3.32. The number of allylic oxidation sites excluding steroid dienone is 7. The van der Waals surface area contributed by atoms with Crippen molar-refractivity contribution in [1.82, 2.24) is 4.90 Å². The number of nitrogens with zero attached hydrogens (tertiary/aromatic N) is 2. The number of ether oxygens (including phenoxy) is 1. The van der Waals surface area contributed by atoms with E-state index in [1.54, 1.807) is 5.57 Å². The molecule has 3 nitrogen and oxygen atoms in total. The van der Waals surface area contributed by atoms with E-state index in [1.807, 2.05) is 12.4 Å². The molecule has 0 amide bonds. The van der Waals surface area contributed by atoms with E-state index < -0.39 is 0 Å². The fourth-order valence-electron chi connectivity index (χ4n) is 8.43. The topological polar surface area (TPSA) is 24.8 Å². The van der Waals surface area contributed by atoms with Crippen molar-refractivity contribution in [3.8, 4) is 0 Å². The van der Waals surface area contributed by atoms with Gasteiger partial charge >= 0.3 is 0 Å². The quantitative estimate of drug-likeness (QED) is 0.461. The maximum Gasteiger partial charge on any atom is 0.0974 e. The second-order valence-corrected chi connectivity index (χ2v) is 12.1. The summed E-state index contributed by atoms with van der Waals surface area (Å²) in [5.41, 5.74) is 5.62. The van der Waals surface area contributed by atoms with Crippen LogP contribution in [-0.2, 0) is 4.74 Å². The highest BCUT2D eigenvalue weighted by Gasteiger charge is 2.66. The maximum absolute atomic E-state index is 7.43. The van der Waals surface area contributed by atoms with Crippen molar-refractivity contribution in [3.63, 3.8) is 0 Å². The highest BCUT2D eigenvalue weighted by molar-refractivity contribution is 5.82. The van der Waals surface area contributed by atoms with Crippen LogP contribution < -0.4 is 0 Å². The zero-order valence-electron chi connectivity index (χ0n) is 21.2. The number of hydrogen-bond donors (Lipinski definition) is 0. The first kappa shape index (κ1) is 22.5. The molecule has 3 aliphatic heterocycles. The monoisotopic (exact) mass is 456 g/mol. The lowest BCUT2D eigenvalue weighted by Crippen LogP contribution is -2.55. The minimum atomic E-state index is -0.0824. The van der Waals surface area contributed by atoms with Gasteiger partial charge in [0.15, 0.2) is 0 Å².